The number of nitriles is 1. The second kappa shape index (κ2) is 10.5. The molecule has 0 spiro atoms. The molecule has 2 aliphatic rings. The van der Waals surface area contributed by atoms with Crippen LogP contribution in [0.15, 0.2) is 48.5 Å². The Labute approximate surface area is 207 Å². The van der Waals surface area contributed by atoms with E-state index in [-0.39, 0.29) is 18.1 Å². The van der Waals surface area contributed by atoms with E-state index < -0.39 is 17.5 Å². The normalized spacial score (nSPS) is 27.1. The highest BCUT2D eigenvalue weighted by Gasteiger charge is 2.57. The second-order valence-electron chi connectivity index (χ2n) is 9.84. The minimum atomic E-state index is -1.11. The van der Waals surface area contributed by atoms with Crippen molar-refractivity contribution in [1.29, 1.82) is 5.26 Å². The van der Waals surface area contributed by atoms with E-state index in [1.54, 1.807) is 12.1 Å². The van der Waals surface area contributed by atoms with Gasteiger partial charge in [-0.2, -0.15) is 5.26 Å². The SMILES string of the molecule is CCNC(=O)[C@@]1(OCc2cccc(C)c2)C[C@H](OCc2ccc(C#N)cc2)[C@@H]2OC(C)(C)O[C@@H]2C1. The second-order valence-corrected chi connectivity index (χ2v) is 9.84. The van der Waals surface area contributed by atoms with Crippen molar-refractivity contribution in [2.24, 2.45) is 0 Å². The van der Waals surface area contributed by atoms with Crippen LogP contribution >= 0.6 is 0 Å². The number of rotatable bonds is 8. The minimum Gasteiger partial charge on any atom is -0.371 e. The summed E-state index contributed by atoms with van der Waals surface area (Å²) >= 11 is 0. The van der Waals surface area contributed by atoms with Crippen LogP contribution in [-0.2, 0) is 37.0 Å². The molecular formula is C28H34N2O5. The van der Waals surface area contributed by atoms with E-state index in [1.807, 2.05) is 58.0 Å². The number of benzene rings is 2. The number of hydrogen-bond acceptors (Lipinski definition) is 6. The summed E-state index contributed by atoms with van der Waals surface area (Å²) in [6, 6.07) is 17.5. The van der Waals surface area contributed by atoms with Crippen LogP contribution in [0.2, 0.25) is 0 Å². The van der Waals surface area contributed by atoms with Crippen LogP contribution in [0.25, 0.3) is 0 Å². The van der Waals surface area contributed by atoms with Gasteiger partial charge in [-0.1, -0.05) is 42.0 Å². The van der Waals surface area contributed by atoms with Crippen LogP contribution in [0.1, 0.15) is 55.9 Å². The van der Waals surface area contributed by atoms with Gasteiger partial charge in [-0.15, -0.1) is 0 Å². The van der Waals surface area contributed by atoms with Gasteiger partial charge in [0, 0.05) is 19.4 Å². The van der Waals surface area contributed by atoms with Crippen molar-refractivity contribution >= 4 is 5.91 Å². The van der Waals surface area contributed by atoms with Crippen molar-refractivity contribution in [2.75, 3.05) is 6.54 Å². The fraction of sp³-hybridized carbons (Fsp3) is 0.500. The van der Waals surface area contributed by atoms with Crippen LogP contribution in [0.5, 0.6) is 0 Å². The first-order valence-electron chi connectivity index (χ1n) is 12.2. The molecule has 1 heterocycles. The van der Waals surface area contributed by atoms with E-state index in [0.717, 1.165) is 16.7 Å². The van der Waals surface area contributed by atoms with Gasteiger partial charge in [0.05, 0.1) is 37.1 Å². The van der Waals surface area contributed by atoms with Crippen molar-refractivity contribution in [3.05, 3.63) is 70.8 Å². The number of aryl methyl sites for hydroxylation is 1. The Kier molecular flexibility index (Phi) is 7.58. The number of carbonyl (C=O) groups is 1. The van der Waals surface area contributed by atoms with E-state index in [4.69, 9.17) is 24.2 Å². The topological polar surface area (TPSA) is 89.8 Å². The van der Waals surface area contributed by atoms with Gasteiger partial charge in [0.1, 0.15) is 6.10 Å². The molecule has 0 aromatic heterocycles. The third kappa shape index (κ3) is 5.91. The number of likely N-dealkylation sites (N-methyl/N-ethyl adjacent to an activating group) is 1. The highest BCUT2D eigenvalue weighted by Crippen LogP contribution is 2.44. The number of carbonyl (C=O) groups excluding carboxylic acids is 1. The molecule has 4 rings (SSSR count). The van der Waals surface area contributed by atoms with Crippen LogP contribution in [0.3, 0.4) is 0 Å². The zero-order valence-corrected chi connectivity index (χ0v) is 20.9. The summed E-state index contributed by atoms with van der Waals surface area (Å²) in [5, 5.41) is 12.0. The Bertz CT molecular complexity index is 1080. The van der Waals surface area contributed by atoms with Gasteiger partial charge in [0.15, 0.2) is 11.4 Å². The Morgan fingerprint density at radius 1 is 1.11 bits per heavy atom. The van der Waals surface area contributed by atoms with Crippen molar-refractivity contribution < 1.29 is 23.7 Å². The van der Waals surface area contributed by atoms with Gasteiger partial charge in [-0.05, 0) is 51.0 Å². The molecule has 1 N–H and O–H groups in total. The zero-order valence-electron chi connectivity index (χ0n) is 20.9. The van der Waals surface area contributed by atoms with Crippen LogP contribution in [0, 0.1) is 18.3 Å². The van der Waals surface area contributed by atoms with Gasteiger partial charge in [-0.25, -0.2) is 0 Å². The molecule has 1 amide bonds. The molecule has 2 fully saturated rings. The molecule has 2 aromatic carbocycles. The fourth-order valence-corrected chi connectivity index (χ4v) is 4.93. The van der Waals surface area contributed by atoms with Crippen molar-refractivity contribution in [3.63, 3.8) is 0 Å². The highest BCUT2D eigenvalue weighted by molar-refractivity contribution is 5.85. The number of ether oxygens (including phenoxy) is 4. The summed E-state index contributed by atoms with van der Waals surface area (Å²) in [6.07, 6.45) is -0.332. The largest absolute Gasteiger partial charge is 0.371 e. The first-order valence-corrected chi connectivity index (χ1v) is 12.2. The molecule has 7 heteroatoms. The molecule has 2 aromatic rings. The van der Waals surface area contributed by atoms with E-state index >= 15 is 0 Å². The molecule has 1 saturated heterocycles. The third-order valence-corrected chi connectivity index (χ3v) is 6.55. The monoisotopic (exact) mass is 478 g/mol. The maximum absolute atomic E-state index is 13.4. The number of nitrogens with zero attached hydrogens (tertiary/aromatic N) is 1. The summed E-state index contributed by atoms with van der Waals surface area (Å²) in [5.74, 6) is -0.939. The van der Waals surface area contributed by atoms with Crippen LogP contribution in [-0.4, -0.2) is 42.2 Å². The lowest BCUT2D eigenvalue weighted by Gasteiger charge is -2.43. The predicted molar refractivity (Wildman–Crippen MR) is 130 cm³/mol. The van der Waals surface area contributed by atoms with E-state index in [1.165, 1.54) is 0 Å². The molecule has 0 unspecified atom stereocenters. The number of fused-ring (bicyclic) bond motifs is 1. The number of nitrogens with one attached hydrogen (secondary N) is 1. The summed E-state index contributed by atoms with van der Waals surface area (Å²) < 4.78 is 25.3. The predicted octanol–water partition coefficient (Wildman–Crippen LogP) is 4.16. The lowest BCUT2D eigenvalue weighted by atomic mass is 9.78. The van der Waals surface area contributed by atoms with Gasteiger partial charge in [0.2, 0.25) is 0 Å². The molecule has 0 bridgehead atoms. The lowest BCUT2D eigenvalue weighted by molar-refractivity contribution is -0.183. The van der Waals surface area contributed by atoms with Crippen molar-refractivity contribution in [2.45, 2.75) is 83.5 Å². The van der Waals surface area contributed by atoms with E-state index in [9.17, 15) is 4.79 Å². The Morgan fingerprint density at radius 3 is 2.57 bits per heavy atom. The van der Waals surface area contributed by atoms with Crippen LogP contribution < -0.4 is 5.32 Å². The lowest BCUT2D eigenvalue weighted by Crippen LogP contribution is -2.60. The highest BCUT2D eigenvalue weighted by atomic mass is 16.8. The Hall–Kier alpha value is -2.76. The Morgan fingerprint density at radius 2 is 1.89 bits per heavy atom. The molecule has 7 nitrogen and oxygen atoms in total. The van der Waals surface area contributed by atoms with E-state index in [0.29, 0.717) is 38.2 Å². The fourth-order valence-electron chi connectivity index (χ4n) is 4.93. The molecule has 4 atom stereocenters. The average molecular weight is 479 g/mol. The molecule has 35 heavy (non-hydrogen) atoms. The molecule has 1 saturated carbocycles. The molecular weight excluding hydrogens is 444 g/mol. The van der Waals surface area contributed by atoms with Gasteiger partial charge < -0.3 is 24.3 Å². The summed E-state index contributed by atoms with van der Waals surface area (Å²) in [5.41, 5.74) is 2.57. The average Bonchev–Trinajstić information content (AvgIpc) is 3.15. The molecule has 0 radical (unpaired) electrons. The first kappa shape index (κ1) is 25.3. The summed E-state index contributed by atoms with van der Waals surface area (Å²) in [6.45, 7) is 8.83. The van der Waals surface area contributed by atoms with E-state index in [2.05, 4.69) is 17.5 Å². The number of amides is 1. The first-order chi connectivity index (χ1) is 16.7. The van der Waals surface area contributed by atoms with Crippen LogP contribution in [0.4, 0.5) is 0 Å². The molecule has 1 aliphatic carbocycles. The quantitative estimate of drug-likeness (QED) is 0.613. The summed E-state index contributed by atoms with van der Waals surface area (Å²) in [7, 11) is 0. The molecule has 186 valence electrons. The molecule has 1 aliphatic heterocycles. The number of hydrogen-bond donors (Lipinski definition) is 1. The maximum Gasteiger partial charge on any atom is 0.252 e. The Balaban J connectivity index is 1.58. The van der Waals surface area contributed by atoms with Gasteiger partial charge in [0.25, 0.3) is 5.91 Å². The van der Waals surface area contributed by atoms with Gasteiger partial charge in [-0.3, -0.25) is 4.79 Å². The smallest absolute Gasteiger partial charge is 0.252 e. The van der Waals surface area contributed by atoms with Gasteiger partial charge >= 0.3 is 0 Å². The zero-order chi connectivity index (χ0) is 25.1. The van der Waals surface area contributed by atoms with Crippen molar-refractivity contribution in [1.82, 2.24) is 5.32 Å². The third-order valence-electron chi connectivity index (χ3n) is 6.55. The van der Waals surface area contributed by atoms with Crippen molar-refractivity contribution in [3.8, 4) is 6.07 Å². The minimum absolute atomic E-state index is 0.161. The summed E-state index contributed by atoms with van der Waals surface area (Å²) in [4.78, 5) is 13.4. The maximum atomic E-state index is 13.4. The standard InChI is InChI=1S/C28H34N2O5/c1-5-30-26(31)28(33-18-22-8-6-7-19(2)13-22)14-23(25-24(15-28)34-27(3,4)35-25)32-17-21-11-9-20(16-29)10-12-21/h6-13,23-25H,5,14-15,17-18H2,1-4H3,(H,30,31)/t23-,24+,25-,28+/m0/s1.